The van der Waals surface area contributed by atoms with Crippen LogP contribution in [-0.4, -0.2) is 13.1 Å². The van der Waals surface area contributed by atoms with Crippen LogP contribution in [0.2, 0.25) is 0 Å². The van der Waals surface area contributed by atoms with Crippen LogP contribution in [0, 0.1) is 13.8 Å². The third-order valence-electron chi connectivity index (χ3n) is 3.73. The summed E-state index contributed by atoms with van der Waals surface area (Å²) in [5.74, 6) is 2.05. The zero-order valence-electron chi connectivity index (χ0n) is 13.6. The molecule has 0 unspecified atom stereocenters. The topological polar surface area (TPSA) is 28.4 Å². The highest BCUT2D eigenvalue weighted by Crippen LogP contribution is 2.21. The smallest absolute Gasteiger partial charge is 0.123 e. The van der Waals surface area contributed by atoms with Crippen molar-refractivity contribution in [1.29, 1.82) is 0 Å². The van der Waals surface area contributed by atoms with E-state index in [1.807, 2.05) is 6.92 Å². The molecular weight excluding hydrogens is 260 g/mol. The maximum Gasteiger partial charge on any atom is 0.123 e. The molecule has 21 heavy (non-hydrogen) atoms. The molecule has 0 aliphatic carbocycles. The summed E-state index contributed by atoms with van der Waals surface area (Å²) >= 11 is 0. The van der Waals surface area contributed by atoms with Gasteiger partial charge in [-0.3, -0.25) is 0 Å². The van der Waals surface area contributed by atoms with E-state index in [-0.39, 0.29) is 0 Å². The lowest BCUT2D eigenvalue weighted by atomic mass is 10.2. The van der Waals surface area contributed by atoms with Crippen molar-refractivity contribution in [2.75, 3.05) is 18.0 Å². The maximum atomic E-state index is 5.91. The Morgan fingerprint density at radius 1 is 1.14 bits per heavy atom. The first kappa shape index (κ1) is 15.6. The van der Waals surface area contributed by atoms with Gasteiger partial charge in [0.25, 0.3) is 0 Å². The van der Waals surface area contributed by atoms with Gasteiger partial charge in [-0.1, -0.05) is 19.1 Å². The quantitative estimate of drug-likeness (QED) is 0.833. The summed E-state index contributed by atoms with van der Waals surface area (Å²) in [5.41, 5.74) is 3.79. The molecule has 1 N–H and O–H groups in total. The molecule has 2 aromatic rings. The van der Waals surface area contributed by atoms with Crippen LogP contribution in [0.15, 0.2) is 34.7 Å². The highest BCUT2D eigenvalue weighted by molar-refractivity contribution is 5.48. The number of hydrogen-bond donors (Lipinski definition) is 1. The lowest BCUT2D eigenvalue weighted by Crippen LogP contribution is -2.21. The van der Waals surface area contributed by atoms with Crippen molar-refractivity contribution in [1.82, 2.24) is 5.32 Å². The van der Waals surface area contributed by atoms with Crippen molar-refractivity contribution in [3.05, 3.63) is 53.0 Å². The number of rotatable bonds is 7. The molecule has 1 aromatic heterocycles. The second-order valence-corrected chi connectivity index (χ2v) is 5.43. The zero-order chi connectivity index (χ0) is 15.2. The van der Waals surface area contributed by atoms with E-state index in [4.69, 9.17) is 4.42 Å². The Balaban J connectivity index is 2.11. The minimum atomic E-state index is 0.812. The van der Waals surface area contributed by atoms with E-state index >= 15 is 0 Å². The van der Waals surface area contributed by atoms with Gasteiger partial charge in [-0.05, 0) is 51.1 Å². The van der Waals surface area contributed by atoms with Crippen LogP contribution >= 0.6 is 0 Å². The van der Waals surface area contributed by atoms with E-state index < -0.39 is 0 Å². The summed E-state index contributed by atoms with van der Waals surface area (Å²) in [5, 5.41) is 3.35. The Hall–Kier alpha value is -1.74. The molecule has 1 heterocycles. The number of nitrogens with zero attached hydrogens (tertiary/aromatic N) is 1. The third kappa shape index (κ3) is 4.11. The van der Waals surface area contributed by atoms with Crippen molar-refractivity contribution in [3.63, 3.8) is 0 Å². The largest absolute Gasteiger partial charge is 0.464 e. The second-order valence-electron chi connectivity index (χ2n) is 5.43. The van der Waals surface area contributed by atoms with E-state index in [1.165, 1.54) is 16.8 Å². The Morgan fingerprint density at radius 2 is 1.95 bits per heavy atom. The van der Waals surface area contributed by atoms with Crippen LogP contribution in [0.1, 0.15) is 36.5 Å². The Labute approximate surface area is 128 Å². The van der Waals surface area contributed by atoms with E-state index in [1.54, 1.807) is 0 Å². The molecule has 0 atom stereocenters. The molecule has 0 amide bonds. The van der Waals surface area contributed by atoms with Gasteiger partial charge in [0.15, 0.2) is 0 Å². The average molecular weight is 286 g/mol. The fourth-order valence-electron chi connectivity index (χ4n) is 2.50. The average Bonchev–Trinajstić information content (AvgIpc) is 2.82. The first-order chi connectivity index (χ1) is 10.1. The molecule has 0 bridgehead atoms. The molecule has 0 aliphatic heterocycles. The van der Waals surface area contributed by atoms with Crippen molar-refractivity contribution >= 4 is 5.69 Å². The second kappa shape index (κ2) is 7.32. The monoisotopic (exact) mass is 286 g/mol. The fraction of sp³-hybridized carbons (Fsp3) is 0.444. The molecule has 2 rings (SSSR count). The molecule has 114 valence electrons. The van der Waals surface area contributed by atoms with Crippen molar-refractivity contribution in [2.24, 2.45) is 0 Å². The molecule has 1 aromatic carbocycles. The van der Waals surface area contributed by atoms with Crippen molar-refractivity contribution < 1.29 is 4.42 Å². The normalized spacial score (nSPS) is 10.9. The number of anilines is 1. The molecule has 0 radical (unpaired) electrons. The summed E-state index contributed by atoms with van der Waals surface area (Å²) in [6.45, 7) is 12.1. The number of benzene rings is 1. The summed E-state index contributed by atoms with van der Waals surface area (Å²) in [7, 11) is 0. The van der Waals surface area contributed by atoms with Crippen LogP contribution in [0.25, 0.3) is 0 Å². The predicted octanol–water partition coefficient (Wildman–Crippen LogP) is 4.03. The Bertz CT molecular complexity index is 574. The lowest BCUT2D eigenvalue weighted by Gasteiger charge is -2.22. The van der Waals surface area contributed by atoms with Crippen LogP contribution < -0.4 is 10.2 Å². The van der Waals surface area contributed by atoms with Gasteiger partial charge in [-0.2, -0.15) is 0 Å². The maximum absolute atomic E-state index is 5.91. The van der Waals surface area contributed by atoms with E-state index in [9.17, 15) is 0 Å². The van der Waals surface area contributed by atoms with Gasteiger partial charge in [0.1, 0.15) is 11.5 Å². The highest BCUT2D eigenvalue weighted by atomic mass is 16.3. The fourth-order valence-corrected chi connectivity index (χ4v) is 2.50. The molecule has 3 nitrogen and oxygen atoms in total. The summed E-state index contributed by atoms with van der Waals surface area (Å²) < 4.78 is 5.91. The van der Waals surface area contributed by atoms with Crippen molar-refractivity contribution in [2.45, 2.75) is 40.8 Å². The highest BCUT2D eigenvalue weighted by Gasteiger charge is 2.11. The Kier molecular flexibility index (Phi) is 5.45. The van der Waals surface area contributed by atoms with Gasteiger partial charge >= 0.3 is 0 Å². The van der Waals surface area contributed by atoms with Crippen molar-refractivity contribution in [3.8, 4) is 0 Å². The molecule has 0 saturated carbocycles. The van der Waals surface area contributed by atoms with Crippen LogP contribution in [0.3, 0.4) is 0 Å². The zero-order valence-corrected chi connectivity index (χ0v) is 13.6. The number of aryl methyl sites for hydroxylation is 2. The van der Waals surface area contributed by atoms with Gasteiger partial charge in [-0.25, -0.2) is 0 Å². The number of nitrogens with one attached hydrogen (secondary N) is 1. The van der Waals surface area contributed by atoms with E-state index in [0.717, 1.165) is 37.7 Å². The molecule has 0 aliphatic rings. The molecule has 0 fully saturated rings. The SMILES string of the molecule is CCNCc1cc(CN(CC)c2cccc(C)c2)oc1C. The first-order valence-electron chi connectivity index (χ1n) is 7.74. The van der Waals surface area contributed by atoms with E-state index in [2.05, 4.69) is 61.3 Å². The third-order valence-corrected chi connectivity index (χ3v) is 3.73. The molecule has 0 spiro atoms. The van der Waals surface area contributed by atoms with Crippen LogP contribution in [0.5, 0.6) is 0 Å². The van der Waals surface area contributed by atoms with Gasteiger partial charge in [0, 0.05) is 24.3 Å². The van der Waals surface area contributed by atoms with Gasteiger partial charge in [0.2, 0.25) is 0 Å². The number of hydrogen-bond acceptors (Lipinski definition) is 3. The molecule has 3 heteroatoms. The lowest BCUT2D eigenvalue weighted by molar-refractivity contribution is 0.475. The minimum Gasteiger partial charge on any atom is -0.464 e. The predicted molar refractivity (Wildman–Crippen MR) is 88.7 cm³/mol. The summed E-state index contributed by atoms with van der Waals surface area (Å²) in [6.07, 6.45) is 0. The standard InChI is InChI=1S/C18H26N2O/c1-5-19-12-16-11-18(21-15(16)4)13-20(6-2)17-9-7-8-14(3)10-17/h7-11,19H,5-6,12-13H2,1-4H3. The number of furan rings is 1. The first-order valence-corrected chi connectivity index (χ1v) is 7.74. The summed E-state index contributed by atoms with van der Waals surface area (Å²) in [6, 6.07) is 10.8. The summed E-state index contributed by atoms with van der Waals surface area (Å²) in [4.78, 5) is 2.34. The van der Waals surface area contributed by atoms with Crippen LogP contribution in [0.4, 0.5) is 5.69 Å². The molecule has 0 saturated heterocycles. The Morgan fingerprint density at radius 3 is 2.62 bits per heavy atom. The van der Waals surface area contributed by atoms with Gasteiger partial charge in [0.05, 0.1) is 6.54 Å². The van der Waals surface area contributed by atoms with Gasteiger partial charge in [-0.15, -0.1) is 0 Å². The minimum absolute atomic E-state index is 0.812. The molecular formula is C18H26N2O. The van der Waals surface area contributed by atoms with Crippen LogP contribution in [-0.2, 0) is 13.1 Å². The van der Waals surface area contributed by atoms with Gasteiger partial charge < -0.3 is 14.6 Å². The van der Waals surface area contributed by atoms with E-state index in [0.29, 0.717) is 0 Å².